The van der Waals surface area contributed by atoms with E-state index >= 15 is 0 Å². The van der Waals surface area contributed by atoms with Gasteiger partial charge in [-0.3, -0.25) is 14.9 Å². The highest BCUT2D eigenvalue weighted by Gasteiger charge is 2.30. The number of rotatable bonds is 0. The second-order valence-corrected chi connectivity index (χ2v) is 2.71. The molecule has 4 nitrogen and oxygen atoms in total. The van der Waals surface area contributed by atoms with Crippen molar-refractivity contribution in [1.82, 2.24) is 5.32 Å². The minimum Gasteiger partial charge on any atom is -0.305 e. The molecule has 0 fully saturated rings. The van der Waals surface area contributed by atoms with E-state index in [4.69, 9.17) is 5.41 Å². The van der Waals surface area contributed by atoms with Crippen LogP contribution in [0, 0.1) is 5.41 Å². The Bertz CT molecular complexity index is 363. The minimum atomic E-state index is -0.357. The molecule has 1 aliphatic heterocycles. The predicted octanol–water partition coefficient (Wildman–Crippen LogP) is -0.0809. The van der Waals surface area contributed by atoms with Gasteiger partial charge >= 0.3 is 0 Å². The summed E-state index contributed by atoms with van der Waals surface area (Å²) in [7, 11) is 0. The molecule has 1 aliphatic carbocycles. The molecule has 60 valence electrons. The number of hydrogen-bond donors (Lipinski definition) is 2. The first kappa shape index (κ1) is 6.97. The number of imide groups is 1. The van der Waals surface area contributed by atoms with Gasteiger partial charge in [0.05, 0.1) is 0 Å². The van der Waals surface area contributed by atoms with Gasteiger partial charge in [-0.05, 0) is 12.2 Å². The molecule has 0 saturated heterocycles. The van der Waals surface area contributed by atoms with Crippen molar-refractivity contribution >= 4 is 17.5 Å². The first-order chi connectivity index (χ1) is 5.68. The number of carbonyl (C=O) groups is 2. The van der Waals surface area contributed by atoms with Gasteiger partial charge in [-0.1, -0.05) is 0 Å². The third kappa shape index (κ3) is 0.812. The summed E-state index contributed by atoms with van der Waals surface area (Å²) >= 11 is 0. The zero-order chi connectivity index (χ0) is 8.72. The Morgan fingerprint density at radius 2 is 2.00 bits per heavy atom. The second-order valence-electron chi connectivity index (χ2n) is 2.71. The molecule has 0 radical (unpaired) electrons. The van der Waals surface area contributed by atoms with Gasteiger partial charge in [0, 0.05) is 23.3 Å². The Kier molecular flexibility index (Phi) is 1.24. The first-order valence-electron chi connectivity index (χ1n) is 3.53. The molecular formula is C8H6N2O2. The van der Waals surface area contributed by atoms with Crippen molar-refractivity contribution in [2.24, 2.45) is 0 Å². The summed E-state index contributed by atoms with van der Waals surface area (Å²) in [6.07, 6.45) is 3.32. The van der Waals surface area contributed by atoms with Crippen molar-refractivity contribution in [3.05, 3.63) is 23.3 Å². The van der Waals surface area contributed by atoms with Crippen LogP contribution in [0.5, 0.6) is 0 Å². The fourth-order valence-electron chi connectivity index (χ4n) is 1.29. The van der Waals surface area contributed by atoms with E-state index in [9.17, 15) is 9.59 Å². The standard InChI is InChI=1S/C8H6N2O2/c9-4-1-2-5-6(3-4)8(12)10-7(5)11/h1-2,9H,3H2,(H,10,11,12). The third-order valence-electron chi connectivity index (χ3n) is 1.89. The molecule has 0 unspecified atom stereocenters. The molecule has 4 heteroatoms. The minimum absolute atomic E-state index is 0.267. The molecule has 0 aromatic heterocycles. The molecule has 2 N–H and O–H groups in total. The van der Waals surface area contributed by atoms with Crippen LogP contribution in [0.25, 0.3) is 0 Å². The highest BCUT2D eigenvalue weighted by Crippen LogP contribution is 2.21. The molecule has 2 aliphatic rings. The summed E-state index contributed by atoms with van der Waals surface area (Å²) in [6, 6.07) is 0. The highest BCUT2D eigenvalue weighted by molar-refractivity contribution is 6.24. The average molecular weight is 162 g/mol. The quantitative estimate of drug-likeness (QED) is 0.489. The molecular weight excluding hydrogens is 156 g/mol. The molecule has 0 bridgehead atoms. The Labute approximate surface area is 68.5 Å². The normalized spacial score (nSPS) is 21.5. The zero-order valence-corrected chi connectivity index (χ0v) is 6.18. The molecule has 0 spiro atoms. The van der Waals surface area contributed by atoms with E-state index in [-0.39, 0.29) is 18.2 Å². The summed E-state index contributed by atoms with van der Waals surface area (Å²) in [5.41, 5.74) is 1.20. The van der Waals surface area contributed by atoms with Gasteiger partial charge in [0.2, 0.25) is 0 Å². The largest absolute Gasteiger partial charge is 0.305 e. The molecule has 0 atom stereocenters. The molecule has 0 aromatic rings. The van der Waals surface area contributed by atoms with Crippen LogP contribution in [0.1, 0.15) is 6.42 Å². The van der Waals surface area contributed by atoms with Crippen LogP contribution < -0.4 is 5.32 Å². The lowest BCUT2D eigenvalue weighted by atomic mass is 9.98. The van der Waals surface area contributed by atoms with Crippen molar-refractivity contribution in [3.8, 4) is 0 Å². The number of amides is 2. The number of carbonyl (C=O) groups excluding carboxylic acids is 2. The van der Waals surface area contributed by atoms with Gasteiger partial charge < -0.3 is 5.41 Å². The molecule has 0 saturated carbocycles. The highest BCUT2D eigenvalue weighted by atomic mass is 16.2. The number of hydrogen-bond acceptors (Lipinski definition) is 3. The van der Waals surface area contributed by atoms with Gasteiger partial charge in [0.25, 0.3) is 11.8 Å². The summed E-state index contributed by atoms with van der Waals surface area (Å²) in [5, 5.41) is 9.46. The van der Waals surface area contributed by atoms with E-state index in [0.29, 0.717) is 16.9 Å². The van der Waals surface area contributed by atoms with E-state index in [2.05, 4.69) is 5.32 Å². The monoisotopic (exact) mass is 162 g/mol. The van der Waals surface area contributed by atoms with Crippen molar-refractivity contribution < 1.29 is 9.59 Å². The Morgan fingerprint density at radius 3 is 2.75 bits per heavy atom. The number of nitrogens with one attached hydrogen (secondary N) is 2. The van der Waals surface area contributed by atoms with Crippen molar-refractivity contribution in [3.63, 3.8) is 0 Å². The fraction of sp³-hybridized carbons (Fsp3) is 0.125. The maximum Gasteiger partial charge on any atom is 0.258 e. The Hall–Kier alpha value is -1.71. The smallest absolute Gasteiger partial charge is 0.258 e. The maximum absolute atomic E-state index is 11.0. The van der Waals surface area contributed by atoms with Crippen LogP contribution in [-0.4, -0.2) is 17.5 Å². The van der Waals surface area contributed by atoms with Crippen LogP contribution in [0.4, 0.5) is 0 Å². The lowest BCUT2D eigenvalue weighted by Crippen LogP contribution is -2.22. The van der Waals surface area contributed by atoms with Gasteiger partial charge in [-0.15, -0.1) is 0 Å². The molecule has 1 heterocycles. The average Bonchev–Trinajstić information content (AvgIpc) is 2.28. The van der Waals surface area contributed by atoms with Crippen LogP contribution in [0.3, 0.4) is 0 Å². The molecule has 2 amide bonds. The second kappa shape index (κ2) is 2.14. The maximum atomic E-state index is 11.0. The topological polar surface area (TPSA) is 70.0 Å². The van der Waals surface area contributed by atoms with Crippen LogP contribution in [0.2, 0.25) is 0 Å². The van der Waals surface area contributed by atoms with Crippen LogP contribution in [0.15, 0.2) is 23.3 Å². The Morgan fingerprint density at radius 1 is 1.25 bits per heavy atom. The summed E-state index contributed by atoms with van der Waals surface area (Å²) < 4.78 is 0. The van der Waals surface area contributed by atoms with Gasteiger partial charge in [0.1, 0.15) is 0 Å². The van der Waals surface area contributed by atoms with E-state index < -0.39 is 0 Å². The van der Waals surface area contributed by atoms with E-state index in [0.717, 1.165) is 0 Å². The SMILES string of the molecule is N=C1C=CC2=C(C1)C(=O)NC2=O. The van der Waals surface area contributed by atoms with Gasteiger partial charge in [-0.2, -0.15) is 0 Å². The fourth-order valence-corrected chi connectivity index (χ4v) is 1.29. The van der Waals surface area contributed by atoms with E-state index in [1.54, 1.807) is 0 Å². The van der Waals surface area contributed by atoms with Crippen LogP contribution >= 0.6 is 0 Å². The Balaban J connectivity index is 2.49. The lowest BCUT2D eigenvalue weighted by Gasteiger charge is -2.03. The van der Waals surface area contributed by atoms with Crippen molar-refractivity contribution in [2.75, 3.05) is 0 Å². The number of allylic oxidation sites excluding steroid dienone is 1. The molecule has 2 rings (SSSR count). The summed E-state index contributed by atoms with van der Waals surface area (Å²) in [6.45, 7) is 0. The summed E-state index contributed by atoms with van der Waals surface area (Å²) in [4.78, 5) is 22.1. The zero-order valence-electron chi connectivity index (χ0n) is 6.18. The van der Waals surface area contributed by atoms with E-state index in [1.807, 2.05) is 0 Å². The third-order valence-corrected chi connectivity index (χ3v) is 1.89. The lowest BCUT2D eigenvalue weighted by molar-refractivity contribution is -0.124. The van der Waals surface area contributed by atoms with Crippen molar-refractivity contribution in [1.29, 1.82) is 5.41 Å². The van der Waals surface area contributed by atoms with E-state index in [1.165, 1.54) is 12.2 Å². The van der Waals surface area contributed by atoms with Gasteiger partial charge in [-0.25, -0.2) is 0 Å². The predicted molar refractivity (Wildman–Crippen MR) is 41.7 cm³/mol. The molecule has 0 aromatic carbocycles. The first-order valence-corrected chi connectivity index (χ1v) is 3.53. The molecule has 12 heavy (non-hydrogen) atoms. The summed E-state index contributed by atoms with van der Waals surface area (Å²) in [5.74, 6) is -0.706. The van der Waals surface area contributed by atoms with Crippen LogP contribution in [-0.2, 0) is 9.59 Å². The van der Waals surface area contributed by atoms with Crippen molar-refractivity contribution in [2.45, 2.75) is 6.42 Å². The van der Waals surface area contributed by atoms with Gasteiger partial charge in [0.15, 0.2) is 0 Å².